The first-order valence-electron chi connectivity index (χ1n) is 12.0. The third-order valence-electron chi connectivity index (χ3n) is 5.71. The van der Waals surface area contributed by atoms with Gasteiger partial charge in [-0.05, 0) is 67.3 Å². The number of nitrogens with zero attached hydrogens (tertiary/aromatic N) is 3. The van der Waals surface area contributed by atoms with Gasteiger partial charge in [0.05, 0.1) is 29.3 Å². The molecule has 2 aromatic heterocycles. The number of hydrogen-bond donors (Lipinski definition) is 3. The van der Waals surface area contributed by atoms with E-state index in [1.54, 1.807) is 31.5 Å². The molecule has 0 fully saturated rings. The highest BCUT2D eigenvalue weighted by Crippen LogP contribution is 2.34. The Morgan fingerprint density at radius 1 is 0.944 bits per heavy atom. The molecule has 0 radical (unpaired) electrons. The van der Waals surface area contributed by atoms with Crippen LogP contribution in [0.5, 0.6) is 0 Å². The van der Waals surface area contributed by atoms with Crippen LogP contribution in [0, 0.1) is 12.7 Å². The number of rotatable bonds is 7. The van der Waals surface area contributed by atoms with E-state index in [9.17, 15) is 14.0 Å². The number of amides is 3. The molecule has 0 saturated carbocycles. The Morgan fingerprint density at radius 3 is 2.44 bits per heavy atom. The van der Waals surface area contributed by atoms with E-state index in [1.807, 2.05) is 38.1 Å². The summed E-state index contributed by atoms with van der Waals surface area (Å²) in [6.07, 6.45) is 4.87. The molecular weight excluding hydrogens is 459 g/mol. The predicted molar refractivity (Wildman–Crippen MR) is 139 cm³/mol. The lowest BCUT2D eigenvalue weighted by Gasteiger charge is -2.14. The average Bonchev–Trinajstić information content (AvgIpc) is 3.31. The van der Waals surface area contributed by atoms with Crippen LogP contribution >= 0.6 is 0 Å². The zero-order valence-electron chi connectivity index (χ0n) is 20.6. The van der Waals surface area contributed by atoms with Crippen molar-refractivity contribution in [3.8, 4) is 22.4 Å². The molecule has 2 heterocycles. The largest absolute Gasteiger partial charge is 0.342 e. The molecule has 3 amide bonds. The monoisotopic (exact) mass is 488 g/mol. The molecule has 2 aromatic carbocycles. The summed E-state index contributed by atoms with van der Waals surface area (Å²) < 4.78 is 15.3. The van der Waals surface area contributed by atoms with E-state index in [1.165, 1.54) is 10.7 Å². The summed E-state index contributed by atoms with van der Waals surface area (Å²) in [6.45, 7) is 6.79. The number of carbonyl (C=O) groups excluding carboxylic acids is 2. The Kier molecular flexibility index (Phi) is 7.58. The van der Waals surface area contributed by atoms with Gasteiger partial charge in [0.2, 0.25) is 0 Å². The van der Waals surface area contributed by atoms with Crippen LogP contribution in [-0.2, 0) is 0 Å². The Labute approximate surface area is 208 Å². The van der Waals surface area contributed by atoms with Crippen molar-refractivity contribution in [2.24, 2.45) is 0 Å². The fourth-order valence-electron chi connectivity index (χ4n) is 3.86. The van der Waals surface area contributed by atoms with Crippen LogP contribution in [0.3, 0.4) is 0 Å². The summed E-state index contributed by atoms with van der Waals surface area (Å²) in [7, 11) is 0. The van der Waals surface area contributed by atoms with Crippen molar-refractivity contribution >= 4 is 28.7 Å². The van der Waals surface area contributed by atoms with Crippen LogP contribution in [0.1, 0.15) is 32.3 Å². The van der Waals surface area contributed by atoms with Gasteiger partial charge in [-0.2, -0.15) is 9.78 Å². The number of carbonyl (C=O) groups is 2. The number of pyridine rings is 1. The lowest BCUT2D eigenvalue weighted by molar-refractivity contribution is 0.240. The van der Waals surface area contributed by atoms with E-state index in [0.29, 0.717) is 35.6 Å². The minimum atomic E-state index is -0.315. The molecule has 0 saturated heterocycles. The summed E-state index contributed by atoms with van der Waals surface area (Å²) in [5.41, 5.74) is 4.67. The Balaban J connectivity index is 1.77. The van der Waals surface area contributed by atoms with Crippen molar-refractivity contribution in [3.05, 3.63) is 66.2 Å². The maximum atomic E-state index is 14.0. The van der Waals surface area contributed by atoms with E-state index in [0.717, 1.165) is 34.9 Å². The van der Waals surface area contributed by atoms with E-state index >= 15 is 0 Å². The van der Waals surface area contributed by atoms with Crippen LogP contribution in [0.4, 0.5) is 19.7 Å². The Bertz CT molecular complexity index is 1410. The van der Waals surface area contributed by atoms with Crippen molar-refractivity contribution < 1.29 is 14.0 Å². The second-order valence-electron chi connectivity index (χ2n) is 8.53. The molecule has 0 aliphatic rings. The topological polar surface area (TPSA) is 101 Å². The van der Waals surface area contributed by atoms with Gasteiger partial charge in [-0.1, -0.05) is 19.9 Å². The first kappa shape index (κ1) is 24.8. The minimum absolute atomic E-state index is 0.284. The normalized spacial score (nSPS) is 10.9. The highest BCUT2D eigenvalue weighted by molar-refractivity contribution is 5.95. The molecule has 186 valence electrons. The highest BCUT2D eigenvalue weighted by Gasteiger charge is 2.16. The zero-order chi connectivity index (χ0) is 25.7. The van der Waals surface area contributed by atoms with Crippen LogP contribution < -0.4 is 16.0 Å². The predicted octanol–water partition coefficient (Wildman–Crippen LogP) is 5.71. The summed E-state index contributed by atoms with van der Waals surface area (Å²) >= 11 is 0. The van der Waals surface area contributed by atoms with Gasteiger partial charge in [-0.25, -0.2) is 14.0 Å². The third kappa shape index (κ3) is 5.35. The van der Waals surface area contributed by atoms with Crippen LogP contribution in [-0.4, -0.2) is 39.9 Å². The molecule has 36 heavy (non-hydrogen) atoms. The standard InChI is InChI=1S/C27H29FN6O2/c1-4-10-29-26(35)33-21-14-22(25(31-16-21)19-6-8-23(28)17(3)12-19)18-7-9-24-20(13-18)15-32-34(24)27(36)30-11-5-2/h6-9,12-16H,4-5,10-11H2,1-3H3,(H,30,36)(H2,29,33,35). The summed E-state index contributed by atoms with van der Waals surface area (Å²) in [4.78, 5) is 29.3. The van der Waals surface area contributed by atoms with E-state index < -0.39 is 0 Å². The third-order valence-corrected chi connectivity index (χ3v) is 5.71. The fraction of sp³-hybridized carbons (Fsp3) is 0.259. The SMILES string of the molecule is CCCNC(=O)Nc1cnc(-c2ccc(F)c(C)c2)c(-c2ccc3c(cnn3C(=O)NCCC)c2)c1. The van der Waals surface area contributed by atoms with Gasteiger partial charge in [-0.15, -0.1) is 0 Å². The minimum Gasteiger partial charge on any atom is -0.338 e. The lowest BCUT2D eigenvalue weighted by Crippen LogP contribution is -2.29. The molecule has 0 spiro atoms. The summed E-state index contributed by atoms with van der Waals surface area (Å²) in [5, 5.41) is 13.5. The number of halogens is 1. The zero-order valence-corrected chi connectivity index (χ0v) is 20.6. The number of urea groups is 1. The number of fused-ring (bicyclic) bond motifs is 1. The smallest absolute Gasteiger partial charge is 0.338 e. The molecule has 0 aliphatic heterocycles. The van der Waals surface area contributed by atoms with Crippen LogP contribution in [0.2, 0.25) is 0 Å². The van der Waals surface area contributed by atoms with Crippen molar-refractivity contribution in [2.75, 3.05) is 18.4 Å². The van der Waals surface area contributed by atoms with E-state index in [-0.39, 0.29) is 17.9 Å². The molecule has 8 nitrogen and oxygen atoms in total. The maximum absolute atomic E-state index is 14.0. The molecule has 0 unspecified atom stereocenters. The number of hydrogen-bond acceptors (Lipinski definition) is 4. The van der Waals surface area contributed by atoms with Gasteiger partial charge in [-0.3, -0.25) is 4.98 Å². The first-order valence-corrected chi connectivity index (χ1v) is 12.0. The van der Waals surface area contributed by atoms with Crippen molar-refractivity contribution in [1.29, 1.82) is 0 Å². The van der Waals surface area contributed by atoms with Crippen LogP contribution in [0.15, 0.2) is 54.9 Å². The number of nitrogens with one attached hydrogen (secondary N) is 3. The molecule has 9 heteroatoms. The van der Waals surface area contributed by atoms with Gasteiger partial charge in [0.25, 0.3) is 0 Å². The number of aryl methyl sites for hydroxylation is 1. The van der Waals surface area contributed by atoms with E-state index in [4.69, 9.17) is 0 Å². The quantitative estimate of drug-likeness (QED) is 0.310. The molecular formula is C27H29FN6O2. The van der Waals surface area contributed by atoms with Crippen molar-refractivity contribution in [1.82, 2.24) is 25.4 Å². The fourth-order valence-corrected chi connectivity index (χ4v) is 3.86. The molecule has 4 rings (SSSR count). The Hall–Kier alpha value is -4.27. The Morgan fingerprint density at radius 2 is 1.69 bits per heavy atom. The van der Waals surface area contributed by atoms with Crippen LogP contribution in [0.25, 0.3) is 33.3 Å². The number of benzene rings is 2. The maximum Gasteiger partial charge on any atom is 0.342 e. The highest BCUT2D eigenvalue weighted by atomic mass is 19.1. The molecule has 0 aliphatic carbocycles. The molecule has 4 aromatic rings. The number of anilines is 1. The van der Waals surface area contributed by atoms with E-state index in [2.05, 4.69) is 26.0 Å². The molecule has 3 N–H and O–H groups in total. The summed E-state index contributed by atoms with van der Waals surface area (Å²) in [6, 6.07) is 11.7. The lowest BCUT2D eigenvalue weighted by atomic mass is 9.97. The van der Waals surface area contributed by atoms with Gasteiger partial charge >= 0.3 is 12.1 Å². The van der Waals surface area contributed by atoms with Gasteiger partial charge in [0, 0.05) is 29.6 Å². The second-order valence-corrected chi connectivity index (χ2v) is 8.53. The molecule has 0 bridgehead atoms. The second kappa shape index (κ2) is 11.0. The van der Waals surface area contributed by atoms with Crippen molar-refractivity contribution in [3.63, 3.8) is 0 Å². The van der Waals surface area contributed by atoms with Gasteiger partial charge < -0.3 is 16.0 Å². The summed E-state index contributed by atoms with van der Waals surface area (Å²) in [5.74, 6) is -0.290. The van der Waals surface area contributed by atoms with Gasteiger partial charge in [0.1, 0.15) is 5.82 Å². The number of aromatic nitrogens is 3. The van der Waals surface area contributed by atoms with Gasteiger partial charge in [0.15, 0.2) is 0 Å². The molecule has 0 atom stereocenters. The average molecular weight is 489 g/mol. The van der Waals surface area contributed by atoms with Crippen molar-refractivity contribution in [2.45, 2.75) is 33.6 Å². The first-order chi connectivity index (χ1) is 17.4.